The Morgan fingerprint density at radius 2 is 2.31 bits per heavy atom. The van der Waals surface area contributed by atoms with Gasteiger partial charge in [-0.1, -0.05) is 12.1 Å². The van der Waals surface area contributed by atoms with Crippen LogP contribution in [0.5, 0.6) is 0 Å². The van der Waals surface area contributed by atoms with Gasteiger partial charge in [-0.2, -0.15) is 0 Å². The van der Waals surface area contributed by atoms with E-state index >= 15 is 0 Å². The summed E-state index contributed by atoms with van der Waals surface area (Å²) < 4.78 is 5.69. The summed E-state index contributed by atoms with van der Waals surface area (Å²) in [6.45, 7) is 0.806. The van der Waals surface area contributed by atoms with Crippen LogP contribution in [0.4, 0.5) is 0 Å². The highest BCUT2D eigenvalue weighted by atomic mass is 32.1. The number of para-hydroxylation sites is 1. The van der Waals surface area contributed by atoms with E-state index in [-0.39, 0.29) is 12.5 Å². The molecule has 1 heterocycles. The minimum absolute atomic E-state index is 0.215. The number of carbonyl (C=O) groups is 1. The molecular weight excluding hydrogens is 224 g/mol. The molecule has 0 unspecified atom stereocenters. The fraction of sp³-hybridized carbons (Fsp3) is 0.273. The van der Waals surface area contributed by atoms with Crippen molar-refractivity contribution in [2.75, 3.05) is 13.7 Å². The van der Waals surface area contributed by atoms with E-state index in [1.807, 2.05) is 24.3 Å². The first kappa shape index (κ1) is 11.0. The Morgan fingerprint density at radius 1 is 1.50 bits per heavy atom. The van der Waals surface area contributed by atoms with Crippen LogP contribution in [-0.2, 0) is 16.1 Å². The van der Waals surface area contributed by atoms with Gasteiger partial charge in [0.2, 0.25) is 0 Å². The molecule has 0 aliphatic carbocycles. The zero-order valence-electron chi connectivity index (χ0n) is 8.90. The van der Waals surface area contributed by atoms with E-state index in [1.165, 1.54) is 7.11 Å². The molecule has 0 radical (unpaired) electrons. The summed E-state index contributed by atoms with van der Waals surface area (Å²) in [6.07, 6.45) is 0. The topological polar surface area (TPSA) is 51.2 Å². The highest BCUT2D eigenvalue weighted by Crippen LogP contribution is 2.20. The Balaban J connectivity index is 1.97. The minimum atomic E-state index is -0.263. The molecule has 1 aromatic heterocycles. The predicted octanol–water partition coefficient (Wildman–Crippen LogP) is 1.56. The number of carbonyl (C=O) groups excluding carboxylic acids is 1. The normalized spacial score (nSPS) is 10.6. The maximum absolute atomic E-state index is 10.9. The molecule has 0 saturated carbocycles. The number of esters is 1. The Labute approximate surface area is 97.3 Å². The van der Waals surface area contributed by atoms with E-state index in [1.54, 1.807) is 11.3 Å². The second-order valence-corrected chi connectivity index (χ2v) is 4.37. The number of nitrogens with zero attached hydrogens (tertiary/aromatic N) is 1. The van der Waals surface area contributed by atoms with Crippen molar-refractivity contribution in [3.8, 4) is 0 Å². The van der Waals surface area contributed by atoms with Gasteiger partial charge in [-0.3, -0.25) is 4.79 Å². The smallest absolute Gasteiger partial charge is 0.319 e. The molecule has 0 bridgehead atoms. The van der Waals surface area contributed by atoms with Crippen molar-refractivity contribution in [1.82, 2.24) is 10.3 Å². The van der Waals surface area contributed by atoms with Crippen LogP contribution in [-0.4, -0.2) is 24.6 Å². The molecule has 2 aromatic rings. The standard InChI is InChI=1S/C11H12N2O2S/c1-15-11(14)7-12-6-10-13-8-4-2-3-5-9(8)16-10/h2-5,12H,6-7H2,1H3. The number of fused-ring (bicyclic) bond motifs is 1. The second kappa shape index (κ2) is 5.05. The highest BCUT2D eigenvalue weighted by Gasteiger charge is 2.04. The van der Waals surface area contributed by atoms with Gasteiger partial charge in [-0.05, 0) is 12.1 Å². The van der Waals surface area contributed by atoms with Crippen LogP contribution >= 0.6 is 11.3 Å². The number of nitrogens with one attached hydrogen (secondary N) is 1. The van der Waals surface area contributed by atoms with Gasteiger partial charge in [0.05, 0.1) is 23.9 Å². The Morgan fingerprint density at radius 3 is 3.06 bits per heavy atom. The van der Waals surface area contributed by atoms with E-state index in [9.17, 15) is 4.79 Å². The van der Waals surface area contributed by atoms with E-state index < -0.39 is 0 Å². The average Bonchev–Trinajstić information content (AvgIpc) is 2.71. The molecule has 5 heteroatoms. The van der Waals surface area contributed by atoms with Crippen LogP contribution in [0.3, 0.4) is 0 Å². The van der Waals surface area contributed by atoms with Crippen LogP contribution in [0.25, 0.3) is 10.2 Å². The molecule has 0 amide bonds. The van der Waals surface area contributed by atoms with Crippen LogP contribution < -0.4 is 5.32 Å². The molecule has 0 aliphatic rings. The van der Waals surface area contributed by atoms with E-state index in [0.717, 1.165) is 15.2 Å². The van der Waals surface area contributed by atoms with Crippen molar-refractivity contribution in [3.05, 3.63) is 29.3 Å². The Hall–Kier alpha value is -1.46. The maximum atomic E-state index is 10.9. The lowest BCUT2D eigenvalue weighted by atomic mass is 10.3. The molecular formula is C11H12N2O2S. The fourth-order valence-electron chi connectivity index (χ4n) is 1.34. The second-order valence-electron chi connectivity index (χ2n) is 3.26. The van der Waals surface area contributed by atoms with Crippen molar-refractivity contribution < 1.29 is 9.53 Å². The van der Waals surface area contributed by atoms with Crippen molar-refractivity contribution in [2.45, 2.75) is 6.54 Å². The number of thiazole rings is 1. The lowest BCUT2D eigenvalue weighted by Crippen LogP contribution is -2.23. The number of benzene rings is 1. The number of ether oxygens (including phenoxy) is 1. The van der Waals surface area contributed by atoms with E-state index in [2.05, 4.69) is 15.0 Å². The molecule has 0 aliphatic heterocycles. The van der Waals surface area contributed by atoms with Gasteiger partial charge in [0.1, 0.15) is 5.01 Å². The molecule has 2 rings (SSSR count). The van der Waals surface area contributed by atoms with Gasteiger partial charge in [-0.25, -0.2) is 4.98 Å². The zero-order valence-corrected chi connectivity index (χ0v) is 9.71. The first-order valence-electron chi connectivity index (χ1n) is 4.91. The first-order chi connectivity index (χ1) is 7.79. The largest absolute Gasteiger partial charge is 0.468 e. The van der Waals surface area contributed by atoms with E-state index in [0.29, 0.717) is 6.54 Å². The van der Waals surface area contributed by atoms with Crippen LogP contribution in [0.1, 0.15) is 5.01 Å². The third-order valence-electron chi connectivity index (χ3n) is 2.11. The molecule has 4 nitrogen and oxygen atoms in total. The van der Waals surface area contributed by atoms with Crippen molar-refractivity contribution >= 4 is 27.5 Å². The number of methoxy groups -OCH3 is 1. The first-order valence-corrected chi connectivity index (χ1v) is 5.73. The van der Waals surface area contributed by atoms with Crippen LogP contribution in [0.2, 0.25) is 0 Å². The van der Waals surface area contributed by atoms with Gasteiger partial charge in [0.15, 0.2) is 0 Å². The summed E-state index contributed by atoms with van der Waals surface area (Å²) in [6, 6.07) is 7.98. The van der Waals surface area contributed by atoms with E-state index in [4.69, 9.17) is 0 Å². The minimum Gasteiger partial charge on any atom is -0.468 e. The van der Waals surface area contributed by atoms with Crippen LogP contribution in [0, 0.1) is 0 Å². The van der Waals surface area contributed by atoms with Gasteiger partial charge < -0.3 is 10.1 Å². The summed E-state index contributed by atoms with van der Waals surface area (Å²) in [5.74, 6) is -0.263. The summed E-state index contributed by atoms with van der Waals surface area (Å²) in [7, 11) is 1.38. The SMILES string of the molecule is COC(=O)CNCc1nc2ccccc2s1. The predicted molar refractivity (Wildman–Crippen MR) is 63.3 cm³/mol. The summed E-state index contributed by atoms with van der Waals surface area (Å²) in [5.41, 5.74) is 1.00. The maximum Gasteiger partial charge on any atom is 0.319 e. The van der Waals surface area contributed by atoms with Crippen LogP contribution in [0.15, 0.2) is 24.3 Å². The monoisotopic (exact) mass is 236 g/mol. The molecule has 1 aromatic carbocycles. The lowest BCUT2D eigenvalue weighted by molar-refractivity contribution is -0.139. The molecule has 84 valence electrons. The average molecular weight is 236 g/mol. The quantitative estimate of drug-likeness (QED) is 0.818. The molecule has 0 fully saturated rings. The number of hydrogen-bond donors (Lipinski definition) is 1. The molecule has 0 saturated heterocycles. The summed E-state index contributed by atoms with van der Waals surface area (Å²) in [4.78, 5) is 15.3. The highest BCUT2D eigenvalue weighted by molar-refractivity contribution is 7.18. The molecule has 0 spiro atoms. The Kier molecular flexibility index (Phi) is 3.48. The van der Waals surface area contributed by atoms with Gasteiger partial charge >= 0.3 is 5.97 Å². The van der Waals surface area contributed by atoms with Gasteiger partial charge in [-0.15, -0.1) is 11.3 Å². The Bertz CT molecular complexity index is 462. The molecule has 0 atom stereocenters. The number of aromatic nitrogens is 1. The van der Waals surface area contributed by atoms with Gasteiger partial charge in [0, 0.05) is 6.54 Å². The number of hydrogen-bond acceptors (Lipinski definition) is 5. The van der Waals surface area contributed by atoms with Gasteiger partial charge in [0.25, 0.3) is 0 Å². The third-order valence-corrected chi connectivity index (χ3v) is 3.15. The summed E-state index contributed by atoms with van der Waals surface area (Å²) in [5, 5.41) is 3.96. The fourth-order valence-corrected chi connectivity index (χ4v) is 2.28. The number of rotatable bonds is 4. The summed E-state index contributed by atoms with van der Waals surface area (Å²) >= 11 is 1.63. The molecule has 1 N–H and O–H groups in total. The molecule has 16 heavy (non-hydrogen) atoms. The zero-order chi connectivity index (χ0) is 11.4. The lowest BCUT2D eigenvalue weighted by Gasteiger charge is -1.99. The van der Waals surface area contributed by atoms with Crippen molar-refractivity contribution in [3.63, 3.8) is 0 Å². The third kappa shape index (κ3) is 2.56. The van der Waals surface area contributed by atoms with Crippen molar-refractivity contribution in [1.29, 1.82) is 0 Å². The van der Waals surface area contributed by atoms with Crippen molar-refractivity contribution in [2.24, 2.45) is 0 Å².